The van der Waals surface area contributed by atoms with Gasteiger partial charge in [-0.1, -0.05) is 0 Å². The zero-order chi connectivity index (χ0) is 23.9. The first-order valence-electron chi connectivity index (χ1n) is 11.8. The van der Waals surface area contributed by atoms with E-state index in [1.807, 2.05) is 0 Å². The molecule has 185 valence electrons. The molecule has 0 N–H and O–H groups in total. The number of unbranched alkanes of at least 4 members (excludes halogenated alkanes) is 1. The van der Waals surface area contributed by atoms with Crippen LogP contribution in [0.25, 0.3) is 23.3 Å². The molecular formula is C29H26Cl5SiZr. The molecule has 0 heterocycles. The fourth-order valence-electron chi connectivity index (χ4n) is 5.37. The second kappa shape index (κ2) is 12.7. The first-order valence-corrected chi connectivity index (χ1v) is 18.5. The number of rotatable bonds is 7. The summed E-state index contributed by atoms with van der Waals surface area (Å²) in [5.41, 5.74) is 12.7. The quantitative estimate of drug-likeness (QED) is 0.205. The summed E-state index contributed by atoms with van der Waals surface area (Å²) in [6.45, 7) is 2.30. The van der Waals surface area contributed by atoms with Gasteiger partial charge in [-0.05, 0) is 0 Å². The van der Waals surface area contributed by atoms with Crippen LogP contribution in [-0.2, 0) is 31.1 Å². The fourth-order valence-corrected chi connectivity index (χ4v) is 8.45. The largest absolute Gasteiger partial charge is 1.00 e. The number of hydrogen-bond acceptors (Lipinski definition) is 0. The van der Waals surface area contributed by atoms with Crippen molar-refractivity contribution in [1.29, 1.82) is 0 Å². The van der Waals surface area contributed by atoms with Crippen LogP contribution in [0.2, 0.25) is 6.04 Å². The SMILES string of the molecule is CC1=Cc2c(-c3ccccc3)cccc2C1C1=Cc2ccc(CCCC[Si](Cl)(Cl)Cl)cc2[CH]1[Zr+2].[Cl-].[Cl-]. The maximum Gasteiger partial charge on any atom is -1.00 e. The van der Waals surface area contributed by atoms with Crippen LogP contribution in [0.5, 0.6) is 0 Å². The van der Waals surface area contributed by atoms with E-state index in [0.717, 1.165) is 25.3 Å². The first kappa shape index (κ1) is 30.2. The molecular weight excluding hydrogens is 645 g/mol. The van der Waals surface area contributed by atoms with E-state index in [1.165, 1.54) is 44.5 Å². The topological polar surface area (TPSA) is 0 Å². The zero-order valence-corrected chi connectivity index (χ0v) is 27.1. The molecule has 36 heavy (non-hydrogen) atoms. The summed E-state index contributed by atoms with van der Waals surface area (Å²) in [7, 11) is 0. The van der Waals surface area contributed by atoms with Crippen LogP contribution in [0.1, 0.15) is 57.1 Å². The Hall–Kier alpha value is -0.310. The van der Waals surface area contributed by atoms with Crippen LogP contribution in [0, 0.1) is 0 Å². The van der Waals surface area contributed by atoms with Crippen LogP contribution in [0.4, 0.5) is 0 Å². The van der Waals surface area contributed by atoms with E-state index in [-0.39, 0.29) is 24.8 Å². The average Bonchev–Trinajstić information content (AvgIpc) is 3.32. The van der Waals surface area contributed by atoms with E-state index in [1.54, 1.807) is 30.3 Å². The maximum atomic E-state index is 6.04. The molecule has 2 aliphatic carbocycles. The molecule has 2 aliphatic rings. The third-order valence-corrected chi connectivity index (χ3v) is 11.2. The standard InChI is InChI=1S/C29H26Cl3Si.2ClH.Zr/c1-20-16-28-26(22-9-3-2-4-10-22)11-7-12-27(28)29(20)25-18-23-14-13-21(17-24(23)19-25)8-5-6-15-33(30,31)32;;;/h2-4,7,9-14,16-19,29H,5-6,8,15H2,1H3;2*1H;/q;;;+2/p-2. The molecule has 0 amide bonds. The molecule has 0 nitrogen and oxygen atoms in total. The van der Waals surface area contributed by atoms with E-state index >= 15 is 0 Å². The van der Waals surface area contributed by atoms with Gasteiger partial charge in [0.25, 0.3) is 0 Å². The molecule has 0 saturated heterocycles. The Morgan fingerprint density at radius 2 is 1.58 bits per heavy atom. The molecule has 0 saturated carbocycles. The number of aryl methyl sites for hydroxylation is 1. The molecule has 0 fully saturated rings. The smallest absolute Gasteiger partial charge is 1.00 e. The monoisotopic (exact) mass is 667 g/mol. The summed E-state index contributed by atoms with van der Waals surface area (Å²) < 4.78 is 0.496. The fraction of sp³-hybridized carbons (Fsp3) is 0.241. The van der Waals surface area contributed by atoms with Crippen molar-refractivity contribution in [3.63, 3.8) is 0 Å². The Labute approximate surface area is 257 Å². The van der Waals surface area contributed by atoms with Gasteiger partial charge in [0.15, 0.2) is 0 Å². The minimum absolute atomic E-state index is 0. The Morgan fingerprint density at radius 3 is 2.31 bits per heavy atom. The van der Waals surface area contributed by atoms with Crippen molar-refractivity contribution in [2.24, 2.45) is 0 Å². The summed E-state index contributed by atoms with van der Waals surface area (Å²) in [6.07, 6.45) is 7.97. The minimum atomic E-state index is -2.50. The summed E-state index contributed by atoms with van der Waals surface area (Å²) in [4.78, 5) is 0. The molecule has 0 aromatic heterocycles. The van der Waals surface area contributed by atoms with E-state index in [2.05, 4.69) is 85.8 Å². The van der Waals surface area contributed by atoms with Crippen LogP contribution < -0.4 is 24.8 Å². The predicted molar refractivity (Wildman–Crippen MR) is 146 cm³/mol. The van der Waals surface area contributed by atoms with Crippen LogP contribution in [0.15, 0.2) is 77.9 Å². The molecule has 0 radical (unpaired) electrons. The molecule has 0 aliphatic heterocycles. The average molecular weight is 671 g/mol. The predicted octanol–water partition coefficient (Wildman–Crippen LogP) is 3.53. The zero-order valence-electron chi connectivity index (χ0n) is 19.9. The van der Waals surface area contributed by atoms with E-state index < -0.39 is 6.00 Å². The van der Waals surface area contributed by atoms with Gasteiger partial charge in [-0.2, -0.15) is 0 Å². The Balaban J connectivity index is 0.00000180. The van der Waals surface area contributed by atoms with Crippen molar-refractivity contribution >= 4 is 51.4 Å². The summed E-state index contributed by atoms with van der Waals surface area (Å²) in [6, 6.07) is 22.8. The second-order valence-electron chi connectivity index (χ2n) is 9.36. The van der Waals surface area contributed by atoms with Crippen molar-refractivity contribution in [3.8, 4) is 11.1 Å². The van der Waals surface area contributed by atoms with Gasteiger partial charge in [-0.25, -0.2) is 0 Å². The Kier molecular flexibility index (Phi) is 10.7. The van der Waals surface area contributed by atoms with E-state index in [9.17, 15) is 0 Å². The van der Waals surface area contributed by atoms with Crippen molar-refractivity contribution in [2.45, 2.75) is 41.8 Å². The molecule has 5 rings (SSSR count). The number of fused-ring (bicyclic) bond motifs is 2. The first-order chi connectivity index (χ1) is 16.3. The van der Waals surface area contributed by atoms with Gasteiger partial charge in [0.05, 0.1) is 0 Å². The molecule has 2 atom stereocenters. The van der Waals surface area contributed by atoms with Gasteiger partial charge in [0.2, 0.25) is 0 Å². The minimum Gasteiger partial charge on any atom is -1.00 e. The Morgan fingerprint density at radius 1 is 0.833 bits per heavy atom. The van der Waals surface area contributed by atoms with Crippen LogP contribution in [0.3, 0.4) is 0 Å². The van der Waals surface area contributed by atoms with Crippen molar-refractivity contribution < 1.29 is 49.5 Å². The van der Waals surface area contributed by atoms with Gasteiger partial charge in [0.1, 0.15) is 0 Å². The van der Waals surface area contributed by atoms with Crippen molar-refractivity contribution in [1.82, 2.24) is 0 Å². The Bertz CT molecular complexity index is 1280. The summed E-state index contributed by atoms with van der Waals surface area (Å²) in [5.74, 6) is 0.369. The summed E-state index contributed by atoms with van der Waals surface area (Å²) >= 11 is 19.7. The molecule has 0 bridgehead atoms. The van der Waals surface area contributed by atoms with Crippen LogP contribution in [-0.4, -0.2) is 6.00 Å². The van der Waals surface area contributed by atoms with Crippen molar-refractivity contribution in [2.75, 3.05) is 0 Å². The van der Waals surface area contributed by atoms with Gasteiger partial charge in [-0.15, -0.1) is 0 Å². The van der Waals surface area contributed by atoms with Crippen LogP contribution >= 0.6 is 33.2 Å². The van der Waals surface area contributed by atoms with Gasteiger partial charge in [0, 0.05) is 0 Å². The molecule has 2 unspecified atom stereocenters. The van der Waals surface area contributed by atoms with E-state index in [4.69, 9.17) is 33.2 Å². The number of halogens is 5. The maximum absolute atomic E-state index is 6.04. The van der Waals surface area contributed by atoms with E-state index in [0.29, 0.717) is 9.54 Å². The summed E-state index contributed by atoms with van der Waals surface area (Å²) in [5, 5.41) is 0. The molecule has 7 heteroatoms. The third-order valence-electron chi connectivity index (χ3n) is 6.99. The normalized spacial score (nSPS) is 17.9. The number of hydrogen-bond donors (Lipinski definition) is 0. The van der Waals surface area contributed by atoms with Gasteiger partial charge < -0.3 is 24.8 Å². The van der Waals surface area contributed by atoms with Gasteiger partial charge >= 0.3 is 235 Å². The second-order valence-corrected chi connectivity index (χ2v) is 20.1. The molecule has 3 aromatic rings. The van der Waals surface area contributed by atoms with Gasteiger partial charge in [-0.3, -0.25) is 0 Å². The number of benzene rings is 3. The molecule has 3 aromatic carbocycles. The molecule has 0 spiro atoms. The van der Waals surface area contributed by atoms with Crippen molar-refractivity contribution in [3.05, 3.63) is 106 Å². The number of allylic oxidation sites excluding steroid dienone is 2. The third kappa shape index (κ3) is 6.45.